The van der Waals surface area contributed by atoms with E-state index in [1.54, 1.807) is 0 Å². The first kappa shape index (κ1) is 17.0. The second-order valence-electron chi connectivity index (χ2n) is 6.66. The van der Waals surface area contributed by atoms with Crippen molar-refractivity contribution in [3.63, 3.8) is 0 Å². The average molecular weight is 337 g/mol. The molecular weight excluding hydrogens is 312 g/mol. The lowest BCUT2D eigenvalue weighted by atomic mass is 9.67. The fourth-order valence-corrected chi connectivity index (χ4v) is 5.79. The van der Waals surface area contributed by atoms with E-state index in [0.717, 1.165) is 38.8 Å². The first-order valence-corrected chi connectivity index (χ1v) is 9.56. The SMILES string of the molecule is Cl.O=C(NC1CCCS(=O)(=O)C1)[C@@]12CCCC[C@H]1CNC2. The Morgan fingerprint density at radius 2 is 2.00 bits per heavy atom. The molecule has 122 valence electrons. The summed E-state index contributed by atoms with van der Waals surface area (Å²) in [4.78, 5) is 12.7. The topological polar surface area (TPSA) is 75.3 Å². The van der Waals surface area contributed by atoms with E-state index in [-0.39, 0.29) is 41.3 Å². The van der Waals surface area contributed by atoms with E-state index < -0.39 is 9.84 Å². The first-order chi connectivity index (χ1) is 9.52. The zero-order chi connectivity index (χ0) is 14.2. The van der Waals surface area contributed by atoms with Crippen LogP contribution in [0.15, 0.2) is 0 Å². The van der Waals surface area contributed by atoms with Gasteiger partial charge in [-0.1, -0.05) is 12.8 Å². The third kappa shape index (κ3) is 3.37. The molecule has 1 amide bonds. The van der Waals surface area contributed by atoms with Gasteiger partial charge in [-0.3, -0.25) is 4.79 Å². The number of carbonyl (C=O) groups is 1. The Hall–Kier alpha value is -0.330. The van der Waals surface area contributed by atoms with Crippen molar-refractivity contribution in [1.29, 1.82) is 0 Å². The highest BCUT2D eigenvalue weighted by Gasteiger charge is 2.50. The smallest absolute Gasteiger partial charge is 0.228 e. The van der Waals surface area contributed by atoms with Gasteiger partial charge in [0.1, 0.15) is 0 Å². The van der Waals surface area contributed by atoms with Crippen molar-refractivity contribution in [1.82, 2.24) is 10.6 Å². The van der Waals surface area contributed by atoms with Crippen molar-refractivity contribution in [2.45, 2.75) is 44.6 Å². The van der Waals surface area contributed by atoms with E-state index in [1.807, 2.05) is 0 Å². The lowest BCUT2D eigenvalue weighted by Gasteiger charge is -2.38. The van der Waals surface area contributed by atoms with Crippen LogP contribution in [0.1, 0.15) is 38.5 Å². The average Bonchev–Trinajstić information content (AvgIpc) is 2.82. The predicted octanol–water partition coefficient (Wildman–Crippen LogP) is 0.881. The Morgan fingerprint density at radius 1 is 1.19 bits per heavy atom. The van der Waals surface area contributed by atoms with Crippen molar-refractivity contribution < 1.29 is 13.2 Å². The van der Waals surface area contributed by atoms with Crippen molar-refractivity contribution >= 4 is 28.2 Å². The Kier molecular flexibility index (Phi) is 5.21. The summed E-state index contributed by atoms with van der Waals surface area (Å²) >= 11 is 0. The molecule has 2 N–H and O–H groups in total. The summed E-state index contributed by atoms with van der Waals surface area (Å²) in [5.74, 6) is 0.910. The second-order valence-corrected chi connectivity index (χ2v) is 8.89. The number of carbonyl (C=O) groups excluding carboxylic acids is 1. The molecule has 1 saturated carbocycles. The Balaban J connectivity index is 0.00000161. The van der Waals surface area contributed by atoms with Crippen LogP contribution < -0.4 is 10.6 Å². The molecule has 3 atom stereocenters. The molecule has 0 spiro atoms. The number of amides is 1. The molecule has 2 heterocycles. The summed E-state index contributed by atoms with van der Waals surface area (Å²) < 4.78 is 23.4. The molecule has 0 aromatic rings. The second kappa shape index (κ2) is 6.42. The number of fused-ring (bicyclic) bond motifs is 1. The van der Waals surface area contributed by atoms with Gasteiger partial charge in [-0.15, -0.1) is 12.4 Å². The summed E-state index contributed by atoms with van der Waals surface area (Å²) in [6, 6.07) is -0.182. The number of halogens is 1. The van der Waals surface area contributed by atoms with Gasteiger partial charge in [0.05, 0.1) is 16.9 Å². The maximum absolute atomic E-state index is 12.7. The molecule has 0 aromatic carbocycles. The molecule has 3 rings (SSSR count). The predicted molar refractivity (Wildman–Crippen MR) is 84.3 cm³/mol. The van der Waals surface area contributed by atoms with Crippen molar-refractivity contribution in [3.05, 3.63) is 0 Å². The van der Waals surface area contributed by atoms with Gasteiger partial charge >= 0.3 is 0 Å². The van der Waals surface area contributed by atoms with Crippen LogP contribution in [0.5, 0.6) is 0 Å². The van der Waals surface area contributed by atoms with Crippen LogP contribution in [0.25, 0.3) is 0 Å². The summed E-state index contributed by atoms with van der Waals surface area (Å²) in [7, 11) is -2.96. The van der Waals surface area contributed by atoms with Gasteiger partial charge < -0.3 is 10.6 Å². The van der Waals surface area contributed by atoms with Gasteiger partial charge in [0.15, 0.2) is 9.84 Å². The van der Waals surface area contributed by atoms with Crippen molar-refractivity contribution in [2.75, 3.05) is 24.6 Å². The number of hydrogen-bond donors (Lipinski definition) is 2. The van der Waals surface area contributed by atoms with Crippen LogP contribution in [-0.2, 0) is 14.6 Å². The van der Waals surface area contributed by atoms with Gasteiger partial charge in [0.25, 0.3) is 0 Å². The molecular formula is C14H25ClN2O3S. The van der Waals surface area contributed by atoms with E-state index in [1.165, 1.54) is 6.42 Å². The van der Waals surface area contributed by atoms with Crippen LogP contribution in [0.2, 0.25) is 0 Å². The number of hydrogen-bond acceptors (Lipinski definition) is 4. The zero-order valence-corrected chi connectivity index (χ0v) is 13.9. The summed E-state index contributed by atoms with van der Waals surface area (Å²) in [6.07, 6.45) is 5.83. The third-order valence-electron chi connectivity index (χ3n) is 5.29. The summed E-state index contributed by atoms with van der Waals surface area (Å²) in [5, 5.41) is 6.41. The maximum atomic E-state index is 12.7. The Bertz CT molecular complexity index is 496. The van der Waals surface area contributed by atoms with E-state index in [9.17, 15) is 13.2 Å². The standard InChI is InChI=1S/C14H24N2O3S.ClH/c17-13(16-12-5-3-7-20(18,19)9-12)14-6-2-1-4-11(14)8-15-10-14;/h11-12,15H,1-10H2,(H,16,17);1H/t11-,12?,14+;/m0./s1. The first-order valence-electron chi connectivity index (χ1n) is 7.74. The molecule has 3 aliphatic rings. The maximum Gasteiger partial charge on any atom is 0.228 e. The number of rotatable bonds is 2. The zero-order valence-electron chi connectivity index (χ0n) is 12.3. The van der Waals surface area contributed by atoms with Gasteiger partial charge in [-0.05, 0) is 38.1 Å². The number of sulfone groups is 1. The van der Waals surface area contributed by atoms with E-state index in [4.69, 9.17) is 0 Å². The Labute approximate surface area is 133 Å². The van der Waals surface area contributed by atoms with E-state index in [2.05, 4.69) is 10.6 Å². The van der Waals surface area contributed by atoms with Crippen molar-refractivity contribution in [3.8, 4) is 0 Å². The molecule has 3 fully saturated rings. The quantitative estimate of drug-likeness (QED) is 0.785. The van der Waals surface area contributed by atoms with E-state index in [0.29, 0.717) is 12.3 Å². The lowest BCUT2D eigenvalue weighted by molar-refractivity contribution is -0.134. The normalized spacial score (nSPS) is 38.1. The van der Waals surface area contributed by atoms with Crippen LogP contribution in [-0.4, -0.2) is 45.0 Å². The molecule has 7 heteroatoms. The third-order valence-corrected chi connectivity index (χ3v) is 7.11. The highest BCUT2D eigenvalue weighted by molar-refractivity contribution is 7.91. The Morgan fingerprint density at radius 3 is 2.76 bits per heavy atom. The molecule has 1 unspecified atom stereocenters. The summed E-state index contributed by atoms with van der Waals surface area (Å²) in [5.41, 5.74) is -0.278. The largest absolute Gasteiger partial charge is 0.352 e. The number of nitrogens with one attached hydrogen (secondary N) is 2. The molecule has 21 heavy (non-hydrogen) atoms. The molecule has 2 saturated heterocycles. The van der Waals surface area contributed by atoms with Crippen LogP contribution in [0.4, 0.5) is 0 Å². The minimum absolute atomic E-state index is 0. The fourth-order valence-electron chi connectivity index (χ4n) is 4.16. The van der Waals surface area contributed by atoms with Gasteiger partial charge in [-0.2, -0.15) is 0 Å². The minimum Gasteiger partial charge on any atom is -0.352 e. The van der Waals surface area contributed by atoms with Crippen LogP contribution >= 0.6 is 12.4 Å². The van der Waals surface area contributed by atoms with Gasteiger partial charge in [0.2, 0.25) is 5.91 Å². The molecule has 2 aliphatic heterocycles. The molecule has 0 bridgehead atoms. The van der Waals surface area contributed by atoms with E-state index >= 15 is 0 Å². The summed E-state index contributed by atoms with van der Waals surface area (Å²) in [6.45, 7) is 1.68. The fraction of sp³-hybridized carbons (Fsp3) is 0.929. The molecule has 0 aromatic heterocycles. The highest BCUT2D eigenvalue weighted by Crippen LogP contribution is 2.44. The lowest BCUT2D eigenvalue weighted by Crippen LogP contribution is -2.53. The highest BCUT2D eigenvalue weighted by atomic mass is 35.5. The van der Waals surface area contributed by atoms with Gasteiger partial charge in [0, 0.05) is 12.6 Å². The van der Waals surface area contributed by atoms with Crippen molar-refractivity contribution in [2.24, 2.45) is 11.3 Å². The monoisotopic (exact) mass is 336 g/mol. The van der Waals surface area contributed by atoms with Gasteiger partial charge in [-0.25, -0.2) is 8.42 Å². The molecule has 0 radical (unpaired) electrons. The van der Waals surface area contributed by atoms with Crippen LogP contribution in [0.3, 0.4) is 0 Å². The molecule has 1 aliphatic carbocycles. The van der Waals surface area contributed by atoms with Crippen LogP contribution in [0, 0.1) is 11.3 Å². The minimum atomic E-state index is -2.96. The molecule has 5 nitrogen and oxygen atoms in total.